The van der Waals surface area contributed by atoms with Gasteiger partial charge in [0, 0.05) is 43.7 Å². The summed E-state index contributed by atoms with van der Waals surface area (Å²) >= 11 is 3.42. The summed E-state index contributed by atoms with van der Waals surface area (Å²) in [5.41, 5.74) is 0.847. The quantitative estimate of drug-likeness (QED) is 0.399. The molecule has 1 aliphatic heterocycles. The van der Waals surface area contributed by atoms with E-state index in [4.69, 9.17) is 9.47 Å². The molecule has 1 atom stereocenters. The minimum atomic E-state index is -0.247. The first-order chi connectivity index (χ1) is 11.7. The van der Waals surface area contributed by atoms with E-state index in [0.29, 0.717) is 18.4 Å². The summed E-state index contributed by atoms with van der Waals surface area (Å²) in [4.78, 5) is 4.16. The molecule has 7 heteroatoms. The molecule has 2 rings (SSSR count). The smallest absolute Gasteiger partial charge is 0.191 e. The highest BCUT2D eigenvalue weighted by Crippen LogP contribution is 2.17. The van der Waals surface area contributed by atoms with Crippen molar-refractivity contribution in [3.63, 3.8) is 0 Å². The molecule has 24 heavy (non-hydrogen) atoms. The van der Waals surface area contributed by atoms with Crippen LogP contribution in [-0.4, -0.2) is 46.0 Å². The van der Waals surface area contributed by atoms with E-state index >= 15 is 0 Å². The SMILES string of the molecule is CN=C(NCCCOCC1CCOC1)NCc1cc(F)ccc1Br. The van der Waals surface area contributed by atoms with Crippen LogP contribution in [0.1, 0.15) is 18.4 Å². The van der Waals surface area contributed by atoms with Crippen molar-refractivity contribution in [1.29, 1.82) is 0 Å². The van der Waals surface area contributed by atoms with Gasteiger partial charge in [-0.3, -0.25) is 4.99 Å². The predicted molar refractivity (Wildman–Crippen MR) is 96.7 cm³/mol. The number of nitrogens with one attached hydrogen (secondary N) is 2. The third-order valence-corrected chi connectivity index (χ3v) is 4.59. The van der Waals surface area contributed by atoms with Crippen molar-refractivity contribution in [3.8, 4) is 0 Å². The molecule has 1 aromatic carbocycles. The second-order valence-corrected chi connectivity index (χ2v) is 6.60. The summed E-state index contributed by atoms with van der Waals surface area (Å²) < 4.78 is 25.1. The molecule has 1 fully saturated rings. The number of rotatable bonds is 8. The average molecular weight is 402 g/mol. The Morgan fingerprint density at radius 3 is 3.08 bits per heavy atom. The number of hydrogen-bond acceptors (Lipinski definition) is 3. The van der Waals surface area contributed by atoms with Crippen LogP contribution in [0.15, 0.2) is 27.7 Å². The van der Waals surface area contributed by atoms with Crippen molar-refractivity contribution in [3.05, 3.63) is 34.1 Å². The van der Waals surface area contributed by atoms with Gasteiger partial charge >= 0.3 is 0 Å². The van der Waals surface area contributed by atoms with Crippen LogP contribution in [0.5, 0.6) is 0 Å². The standard InChI is InChI=1S/C17H25BrFN3O2/c1-20-17(22-10-14-9-15(19)3-4-16(14)18)21-6-2-7-23-11-13-5-8-24-12-13/h3-4,9,13H,2,5-8,10-12H2,1H3,(H2,20,21,22). The zero-order valence-electron chi connectivity index (χ0n) is 14.0. The Hall–Kier alpha value is -1.18. The predicted octanol–water partition coefficient (Wildman–Crippen LogP) is 2.70. The molecule has 0 spiro atoms. The van der Waals surface area contributed by atoms with Gasteiger partial charge in [0.05, 0.1) is 13.2 Å². The third kappa shape index (κ3) is 6.75. The minimum Gasteiger partial charge on any atom is -0.381 e. The van der Waals surface area contributed by atoms with E-state index in [2.05, 4.69) is 31.6 Å². The summed E-state index contributed by atoms with van der Waals surface area (Å²) in [5.74, 6) is 0.996. The third-order valence-electron chi connectivity index (χ3n) is 3.81. The van der Waals surface area contributed by atoms with Crippen molar-refractivity contribution in [1.82, 2.24) is 10.6 Å². The molecule has 134 valence electrons. The molecule has 0 amide bonds. The van der Waals surface area contributed by atoms with Gasteiger partial charge < -0.3 is 20.1 Å². The molecule has 1 saturated heterocycles. The van der Waals surface area contributed by atoms with Crippen LogP contribution in [0.3, 0.4) is 0 Å². The first-order valence-electron chi connectivity index (χ1n) is 8.23. The zero-order valence-corrected chi connectivity index (χ0v) is 15.6. The summed E-state index contributed by atoms with van der Waals surface area (Å²) in [5, 5.41) is 6.40. The summed E-state index contributed by atoms with van der Waals surface area (Å²) in [6, 6.07) is 4.64. The van der Waals surface area contributed by atoms with E-state index < -0.39 is 0 Å². The van der Waals surface area contributed by atoms with E-state index in [0.717, 1.165) is 55.9 Å². The first-order valence-corrected chi connectivity index (χ1v) is 9.02. The van der Waals surface area contributed by atoms with E-state index in [1.807, 2.05) is 0 Å². The number of nitrogens with zero attached hydrogens (tertiary/aromatic N) is 1. The van der Waals surface area contributed by atoms with E-state index in [-0.39, 0.29) is 5.82 Å². The van der Waals surface area contributed by atoms with Crippen molar-refractivity contribution >= 4 is 21.9 Å². The fourth-order valence-corrected chi connectivity index (χ4v) is 2.81. The maximum atomic E-state index is 13.3. The summed E-state index contributed by atoms with van der Waals surface area (Å²) in [6.45, 7) is 4.45. The van der Waals surface area contributed by atoms with Crippen LogP contribution in [0.25, 0.3) is 0 Å². The molecule has 1 aliphatic rings. The fraction of sp³-hybridized carbons (Fsp3) is 0.588. The Bertz CT molecular complexity index is 537. The van der Waals surface area contributed by atoms with Gasteiger partial charge in [-0.25, -0.2) is 4.39 Å². The highest BCUT2D eigenvalue weighted by Gasteiger charge is 2.15. The summed E-state index contributed by atoms with van der Waals surface area (Å²) in [6.07, 6.45) is 2.00. The van der Waals surface area contributed by atoms with Crippen LogP contribution in [0.2, 0.25) is 0 Å². The van der Waals surface area contributed by atoms with E-state index in [9.17, 15) is 4.39 Å². The Labute approximate surface area is 151 Å². The van der Waals surface area contributed by atoms with Crippen LogP contribution in [-0.2, 0) is 16.0 Å². The monoisotopic (exact) mass is 401 g/mol. The van der Waals surface area contributed by atoms with E-state index in [1.165, 1.54) is 12.1 Å². The van der Waals surface area contributed by atoms with Gasteiger partial charge in [0.1, 0.15) is 5.82 Å². The Morgan fingerprint density at radius 1 is 1.46 bits per heavy atom. The molecule has 1 aromatic rings. The van der Waals surface area contributed by atoms with Gasteiger partial charge in [0.15, 0.2) is 5.96 Å². The topological polar surface area (TPSA) is 54.9 Å². The molecule has 1 heterocycles. The van der Waals surface area contributed by atoms with Crippen LogP contribution in [0, 0.1) is 11.7 Å². The summed E-state index contributed by atoms with van der Waals surface area (Å²) in [7, 11) is 1.71. The maximum absolute atomic E-state index is 13.3. The lowest BCUT2D eigenvalue weighted by atomic mass is 10.1. The van der Waals surface area contributed by atoms with Crippen molar-refractivity contribution in [2.45, 2.75) is 19.4 Å². The van der Waals surface area contributed by atoms with Gasteiger partial charge in [-0.05, 0) is 36.6 Å². The van der Waals surface area contributed by atoms with Crippen LogP contribution < -0.4 is 10.6 Å². The van der Waals surface area contributed by atoms with Crippen LogP contribution in [0.4, 0.5) is 4.39 Å². The number of benzene rings is 1. The lowest BCUT2D eigenvalue weighted by Gasteiger charge is -2.13. The zero-order chi connectivity index (χ0) is 17.2. The molecular formula is C17H25BrFN3O2. The second-order valence-electron chi connectivity index (χ2n) is 5.75. The Kier molecular flexibility index (Phi) is 8.49. The van der Waals surface area contributed by atoms with Gasteiger partial charge in [-0.15, -0.1) is 0 Å². The number of hydrogen-bond donors (Lipinski definition) is 2. The number of ether oxygens (including phenoxy) is 2. The van der Waals surface area contributed by atoms with Crippen molar-refractivity contribution < 1.29 is 13.9 Å². The molecular weight excluding hydrogens is 377 g/mol. The maximum Gasteiger partial charge on any atom is 0.191 e. The molecule has 0 aromatic heterocycles. The van der Waals surface area contributed by atoms with E-state index in [1.54, 1.807) is 13.1 Å². The van der Waals surface area contributed by atoms with Gasteiger partial charge in [-0.1, -0.05) is 15.9 Å². The highest BCUT2D eigenvalue weighted by molar-refractivity contribution is 9.10. The Morgan fingerprint density at radius 2 is 2.33 bits per heavy atom. The van der Waals surface area contributed by atoms with Crippen LogP contribution >= 0.6 is 15.9 Å². The lowest BCUT2D eigenvalue weighted by molar-refractivity contribution is 0.0888. The molecule has 0 bridgehead atoms. The molecule has 0 saturated carbocycles. The largest absolute Gasteiger partial charge is 0.381 e. The molecule has 2 N–H and O–H groups in total. The second kappa shape index (κ2) is 10.6. The number of guanidine groups is 1. The van der Waals surface area contributed by atoms with Gasteiger partial charge in [0.2, 0.25) is 0 Å². The minimum absolute atomic E-state index is 0.247. The van der Waals surface area contributed by atoms with Crippen molar-refractivity contribution in [2.24, 2.45) is 10.9 Å². The molecule has 5 nitrogen and oxygen atoms in total. The normalized spacial score (nSPS) is 18.0. The van der Waals surface area contributed by atoms with Gasteiger partial charge in [0.25, 0.3) is 0 Å². The highest BCUT2D eigenvalue weighted by atomic mass is 79.9. The molecule has 0 radical (unpaired) electrons. The lowest BCUT2D eigenvalue weighted by Crippen LogP contribution is -2.37. The number of aliphatic imine (C=N–C) groups is 1. The first kappa shape index (κ1) is 19.1. The number of halogens is 2. The fourth-order valence-electron chi connectivity index (χ4n) is 2.42. The molecule has 0 aliphatic carbocycles. The van der Waals surface area contributed by atoms with Gasteiger partial charge in [-0.2, -0.15) is 0 Å². The average Bonchev–Trinajstić information content (AvgIpc) is 3.09. The van der Waals surface area contributed by atoms with Crippen molar-refractivity contribution in [2.75, 3.05) is 40.0 Å². The molecule has 1 unspecified atom stereocenters. The Balaban J connectivity index is 1.59.